The maximum absolute atomic E-state index is 12.5. The van der Waals surface area contributed by atoms with Gasteiger partial charge in [0.25, 0.3) is 0 Å². The topological polar surface area (TPSA) is 64.0 Å². The first-order valence-corrected chi connectivity index (χ1v) is 9.72. The van der Waals surface area contributed by atoms with Crippen LogP contribution >= 0.6 is 0 Å². The van der Waals surface area contributed by atoms with Crippen LogP contribution in [-0.4, -0.2) is 21.2 Å². The van der Waals surface area contributed by atoms with Crippen LogP contribution in [0.4, 0.5) is 5.69 Å². The van der Waals surface area contributed by atoms with Crippen molar-refractivity contribution in [1.82, 2.24) is 9.55 Å². The van der Waals surface area contributed by atoms with Crippen molar-refractivity contribution in [1.29, 1.82) is 0 Å². The molecule has 0 aliphatic heterocycles. The summed E-state index contributed by atoms with van der Waals surface area (Å²) >= 11 is 0. The minimum absolute atomic E-state index is 0.0268. The Labute approximate surface area is 164 Å². The number of nitrogens with one attached hydrogen (secondary N) is 1. The molecule has 0 atom stereocenters. The monoisotopic (exact) mass is 373 g/mol. The third-order valence-corrected chi connectivity index (χ3v) is 5.20. The van der Waals surface area contributed by atoms with Crippen molar-refractivity contribution >= 4 is 17.4 Å². The van der Waals surface area contributed by atoms with Crippen LogP contribution in [0.5, 0.6) is 0 Å². The van der Waals surface area contributed by atoms with Crippen LogP contribution in [0, 0.1) is 0 Å². The van der Waals surface area contributed by atoms with Gasteiger partial charge < -0.3 is 9.88 Å². The van der Waals surface area contributed by atoms with Gasteiger partial charge in [-0.15, -0.1) is 0 Å². The van der Waals surface area contributed by atoms with E-state index in [1.807, 2.05) is 47.2 Å². The number of ketones is 1. The van der Waals surface area contributed by atoms with Crippen molar-refractivity contribution in [3.05, 3.63) is 77.9 Å². The lowest BCUT2D eigenvalue weighted by atomic mass is 9.89. The maximum Gasteiger partial charge on any atom is 0.224 e. The molecule has 28 heavy (non-hydrogen) atoms. The van der Waals surface area contributed by atoms with Crippen molar-refractivity contribution in [2.75, 3.05) is 5.32 Å². The Morgan fingerprint density at radius 2 is 1.75 bits per heavy atom. The maximum atomic E-state index is 12.5. The highest BCUT2D eigenvalue weighted by molar-refractivity contribution is 6.00. The van der Waals surface area contributed by atoms with Crippen molar-refractivity contribution in [3.63, 3.8) is 0 Å². The molecule has 1 aromatic heterocycles. The normalized spacial score (nSPS) is 13.0. The number of imidazole rings is 1. The van der Waals surface area contributed by atoms with E-state index in [0.29, 0.717) is 0 Å². The Kier molecular flexibility index (Phi) is 5.33. The minimum Gasteiger partial charge on any atom is -0.326 e. The molecule has 2 aromatic carbocycles. The zero-order valence-corrected chi connectivity index (χ0v) is 15.7. The number of aryl methyl sites for hydroxylation is 2. The van der Waals surface area contributed by atoms with E-state index in [0.717, 1.165) is 29.8 Å². The average molecular weight is 373 g/mol. The number of nitrogens with zero attached hydrogens (tertiary/aromatic N) is 2. The molecule has 5 heteroatoms. The number of rotatable bonds is 6. The fourth-order valence-electron chi connectivity index (χ4n) is 3.63. The Bertz CT molecular complexity index is 976. The Morgan fingerprint density at radius 3 is 2.50 bits per heavy atom. The summed E-state index contributed by atoms with van der Waals surface area (Å²) in [5, 5.41) is 2.86. The zero-order valence-electron chi connectivity index (χ0n) is 15.7. The Balaban J connectivity index is 1.31. The summed E-state index contributed by atoms with van der Waals surface area (Å²) in [4.78, 5) is 28.7. The summed E-state index contributed by atoms with van der Waals surface area (Å²) < 4.78 is 1.89. The SMILES string of the molecule is O=C(CCC(=O)c1ccc2c(c1)CCCC2)Nc1ccc(-n2ccnc2)cc1. The highest BCUT2D eigenvalue weighted by Gasteiger charge is 2.14. The van der Waals surface area contributed by atoms with Gasteiger partial charge in [0.15, 0.2) is 5.78 Å². The molecule has 1 N–H and O–H groups in total. The summed E-state index contributed by atoms with van der Waals surface area (Å²) in [6.07, 6.45) is 10.3. The summed E-state index contributed by atoms with van der Waals surface area (Å²) in [5.74, 6) is -0.124. The molecule has 0 radical (unpaired) electrons. The summed E-state index contributed by atoms with van der Waals surface area (Å²) in [5.41, 5.74) is 5.06. The lowest BCUT2D eigenvalue weighted by molar-refractivity contribution is -0.116. The predicted octanol–water partition coefficient (Wildman–Crippen LogP) is 4.35. The number of aromatic nitrogens is 2. The second kappa shape index (κ2) is 8.21. The Hall–Kier alpha value is -3.21. The molecular formula is C23H23N3O2. The molecule has 0 saturated carbocycles. The molecule has 142 valence electrons. The second-order valence-electron chi connectivity index (χ2n) is 7.18. The van der Waals surface area contributed by atoms with Gasteiger partial charge in [0.1, 0.15) is 0 Å². The molecule has 0 unspecified atom stereocenters. The van der Waals surface area contributed by atoms with Gasteiger partial charge in [-0.2, -0.15) is 0 Å². The number of benzene rings is 2. The largest absolute Gasteiger partial charge is 0.326 e. The number of fused-ring (bicyclic) bond motifs is 1. The minimum atomic E-state index is -0.151. The van der Waals surface area contributed by atoms with Gasteiger partial charge >= 0.3 is 0 Å². The van der Waals surface area contributed by atoms with E-state index in [-0.39, 0.29) is 24.5 Å². The molecule has 0 bridgehead atoms. The molecule has 1 aliphatic carbocycles. The van der Waals surface area contributed by atoms with Gasteiger partial charge in [0.05, 0.1) is 6.33 Å². The highest BCUT2D eigenvalue weighted by atomic mass is 16.2. The van der Waals surface area contributed by atoms with Crippen LogP contribution in [0.3, 0.4) is 0 Å². The van der Waals surface area contributed by atoms with Crippen LogP contribution in [0.1, 0.15) is 47.2 Å². The number of Topliss-reactive ketones (excluding diaryl/α,β-unsaturated/α-hetero) is 1. The van der Waals surface area contributed by atoms with Gasteiger partial charge in [0.2, 0.25) is 5.91 Å². The first kappa shape index (κ1) is 18.2. The van der Waals surface area contributed by atoms with Gasteiger partial charge in [0, 0.05) is 42.2 Å². The number of anilines is 1. The van der Waals surface area contributed by atoms with E-state index in [1.54, 1.807) is 12.5 Å². The van der Waals surface area contributed by atoms with Gasteiger partial charge in [-0.1, -0.05) is 12.1 Å². The van der Waals surface area contributed by atoms with Crippen molar-refractivity contribution in [2.45, 2.75) is 38.5 Å². The van der Waals surface area contributed by atoms with Crippen molar-refractivity contribution in [2.24, 2.45) is 0 Å². The van der Waals surface area contributed by atoms with E-state index in [9.17, 15) is 9.59 Å². The zero-order chi connectivity index (χ0) is 19.3. The highest BCUT2D eigenvalue weighted by Crippen LogP contribution is 2.23. The number of hydrogen-bond acceptors (Lipinski definition) is 3. The quantitative estimate of drug-likeness (QED) is 0.653. The third-order valence-electron chi connectivity index (χ3n) is 5.20. The first-order valence-electron chi connectivity index (χ1n) is 9.72. The number of carbonyl (C=O) groups is 2. The molecule has 0 spiro atoms. The van der Waals surface area contributed by atoms with Gasteiger partial charge in [-0.3, -0.25) is 9.59 Å². The summed E-state index contributed by atoms with van der Waals surface area (Å²) in [7, 11) is 0. The molecule has 5 nitrogen and oxygen atoms in total. The van der Waals surface area contributed by atoms with Crippen molar-refractivity contribution < 1.29 is 9.59 Å². The molecule has 1 aliphatic rings. The summed E-state index contributed by atoms with van der Waals surface area (Å²) in [6, 6.07) is 13.5. The fourth-order valence-corrected chi connectivity index (χ4v) is 3.63. The number of amides is 1. The number of hydrogen-bond donors (Lipinski definition) is 1. The molecule has 1 amide bonds. The molecule has 0 saturated heterocycles. The van der Waals surface area contributed by atoms with E-state index < -0.39 is 0 Å². The lowest BCUT2D eigenvalue weighted by Gasteiger charge is -2.16. The second-order valence-corrected chi connectivity index (χ2v) is 7.18. The van der Waals surface area contributed by atoms with Crippen molar-refractivity contribution in [3.8, 4) is 5.69 Å². The lowest BCUT2D eigenvalue weighted by Crippen LogP contribution is -2.14. The van der Waals surface area contributed by atoms with E-state index in [2.05, 4.69) is 16.4 Å². The van der Waals surface area contributed by atoms with Crippen LogP contribution in [0.2, 0.25) is 0 Å². The molecule has 1 heterocycles. The van der Waals surface area contributed by atoms with Crippen LogP contribution in [-0.2, 0) is 17.6 Å². The van der Waals surface area contributed by atoms with Gasteiger partial charge in [-0.25, -0.2) is 4.98 Å². The fraction of sp³-hybridized carbons (Fsp3) is 0.261. The van der Waals surface area contributed by atoms with Crippen LogP contribution in [0.25, 0.3) is 5.69 Å². The van der Waals surface area contributed by atoms with E-state index >= 15 is 0 Å². The molecule has 4 rings (SSSR count). The standard InChI is InChI=1S/C23H23N3O2/c27-22(19-6-5-17-3-1-2-4-18(17)15-19)11-12-23(28)25-20-7-9-21(10-8-20)26-14-13-24-16-26/h5-10,13-16H,1-4,11-12H2,(H,25,28). The van der Waals surface area contributed by atoms with Crippen LogP contribution < -0.4 is 5.32 Å². The van der Waals surface area contributed by atoms with E-state index in [4.69, 9.17) is 0 Å². The number of carbonyl (C=O) groups excluding carboxylic acids is 2. The predicted molar refractivity (Wildman–Crippen MR) is 109 cm³/mol. The first-order chi connectivity index (χ1) is 13.7. The average Bonchev–Trinajstić information content (AvgIpc) is 3.27. The van der Waals surface area contributed by atoms with E-state index in [1.165, 1.54) is 24.0 Å². The Morgan fingerprint density at radius 1 is 0.964 bits per heavy atom. The summed E-state index contributed by atoms with van der Waals surface area (Å²) in [6.45, 7) is 0. The van der Waals surface area contributed by atoms with Crippen LogP contribution in [0.15, 0.2) is 61.2 Å². The van der Waals surface area contributed by atoms with Gasteiger partial charge in [-0.05, 0) is 67.1 Å². The molecular weight excluding hydrogens is 350 g/mol. The molecule has 0 fully saturated rings. The smallest absolute Gasteiger partial charge is 0.224 e. The molecule has 3 aromatic rings. The third kappa shape index (κ3) is 4.19.